The second-order valence-electron chi connectivity index (χ2n) is 4.29. The molecule has 3 rings (SSSR count). The Morgan fingerprint density at radius 2 is 2.14 bits per heavy atom. The molecular formula is C14H12N4O3S. The highest BCUT2D eigenvalue weighted by atomic mass is 32.2. The van der Waals surface area contributed by atoms with Crippen molar-refractivity contribution in [3.8, 4) is 0 Å². The number of ether oxygens (including phenoxy) is 1. The minimum atomic E-state index is -1.41. The molecule has 1 N–H and O–H groups in total. The SMILES string of the molecule is COC(=O)Nc1cnc2ccc(S(=O)c3ccccn3)cn12. The standard InChI is InChI=1S/C14H12N4O3S/c1-21-14(19)17-12-8-16-11-6-5-10(9-18(11)12)22(20)13-4-2-3-7-15-13/h2-9H,1H3,(H,17,19). The van der Waals surface area contributed by atoms with Crippen LogP contribution in [0.3, 0.4) is 0 Å². The van der Waals surface area contributed by atoms with Gasteiger partial charge in [-0.1, -0.05) is 6.07 Å². The number of nitrogens with one attached hydrogen (secondary N) is 1. The lowest BCUT2D eigenvalue weighted by Crippen LogP contribution is -2.12. The topological polar surface area (TPSA) is 85.6 Å². The first kappa shape index (κ1) is 14.2. The van der Waals surface area contributed by atoms with Gasteiger partial charge in [-0.15, -0.1) is 0 Å². The Balaban J connectivity index is 2.00. The number of aromatic nitrogens is 3. The van der Waals surface area contributed by atoms with Gasteiger partial charge in [0.05, 0.1) is 18.2 Å². The number of amides is 1. The van der Waals surface area contributed by atoms with E-state index in [-0.39, 0.29) is 0 Å². The van der Waals surface area contributed by atoms with E-state index in [1.54, 1.807) is 47.1 Å². The predicted octanol–water partition coefficient (Wildman–Crippen LogP) is 2.07. The molecule has 0 saturated heterocycles. The Morgan fingerprint density at radius 3 is 2.86 bits per heavy atom. The van der Waals surface area contributed by atoms with Gasteiger partial charge in [-0.2, -0.15) is 0 Å². The molecule has 3 aromatic heterocycles. The summed E-state index contributed by atoms with van der Waals surface area (Å²) in [5.41, 5.74) is 0.619. The third kappa shape index (κ3) is 2.68. The van der Waals surface area contributed by atoms with E-state index in [9.17, 15) is 9.00 Å². The molecule has 0 saturated carbocycles. The Labute approximate surface area is 128 Å². The number of imidazole rings is 1. The monoisotopic (exact) mass is 316 g/mol. The number of rotatable bonds is 3. The van der Waals surface area contributed by atoms with Crippen LogP contribution < -0.4 is 5.32 Å². The number of carbonyl (C=O) groups excluding carboxylic acids is 1. The van der Waals surface area contributed by atoms with Crippen LogP contribution in [0, 0.1) is 0 Å². The van der Waals surface area contributed by atoms with Gasteiger partial charge in [0.25, 0.3) is 0 Å². The molecule has 0 aliphatic carbocycles. The third-order valence-corrected chi connectivity index (χ3v) is 4.23. The van der Waals surface area contributed by atoms with E-state index < -0.39 is 16.9 Å². The highest BCUT2D eigenvalue weighted by Crippen LogP contribution is 2.18. The van der Waals surface area contributed by atoms with Crippen molar-refractivity contribution in [1.82, 2.24) is 14.4 Å². The lowest BCUT2D eigenvalue weighted by atomic mass is 10.5. The molecule has 0 aliphatic rings. The molecule has 0 aromatic carbocycles. The highest BCUT2D eigenvalue weighted by molar-refractivity contribution is 7.85. The highest BCUT2D eigenvalue weighted by Gasteiger charge is 2.12. The summed E-state index contributed by atoms with van der Waals surface area (Å²) in [4.78, 5) is 20.1. The predicted molar refractivity (Wildman–Crippen MR) is 80.1 cm³/mol. The molecule has 0 radical (unpaired) electrons. The van der Waals surface area contributed by atoms with Gasteiger partial charge in [-0.25, -0.2) is 19.0 Å². The molecule has 7 nitrogen and oxygen atoms in total. The summed E-state index contributed by atoms with van der Waals surface area (Å²) < 4.78 is 18.7. The van der Waals surface area contributed by atoms with Gasteiger partial charge in [0.2, 0.25) is 0 Å². The summed E-state index contributed by atoms with van der Waals surface area (Å²) in [6.45, 7) is 0. The summed E-state index contributed by atoms with van der Waals surface area (Å²) >= 11 is 0. The molecule has 0 fully saturated rings. The van der Waals surface area contributed by atoms with Crippen molar-refractivity contribution in [2.75, 3.05) is 12.4 Å². The van der Waals surface area contributed by atoms with Gasteiger partial charge in [0.15, 0.2) is 0 Å². The van der Waals surface area contributed by atoms with Crippen LogP contribution in [0.15, 0.2) is 58.8 Å². The summed E-state index contributed by atoms with van der Waals surface area (Å²) in [5.74, 6) is 0.432. The number of pyridine rings is 2. The van der Waals surface area contributed by atoms with Crippen molar-refractivity contribution in [2.24, 2.45) is 0 Å². The van der Waals surface area contributed by atoms with E-state index in [0.29, 0.717) is 21.4 Å². The number of methoxy groups -OCH3 is 1. The summed E-state index contributed by atoms with van der Waals surface area (Å²) in [6, 6.07) is 8.67. The van der Waals surface area contributed by atoms with Crippen LogP contribution in [0.25, 0.3) is 5.65 Å². The molecule has 1 amide bonds. The Morgan fingerprint density at radius 1 is 1.27 bits per heavy atom. The number of carbonyl (C=O) groups is 1. The van der Waals surface area contributed by atoms with E-state index in [1.165, 1.54) is 13.3 Å². The molecule has 112 valence electrons. The van der Waals surface area contributed by atoms with Crippen LogP contribution in [0.4, 0.5) is 10.6 Å². The quantitative estimate of drug-likeness (QED) is 0.799. The van der Waals surface area contributed by atoms with Gasteiger partial charge in [-0.05, 0) is 24.3 Å². The largest absolute Gasteiger partial charge is 0.453 e. The lowest BCUT2D eigenvalue weighted by molar-refractivity contribution is 0.187. The van der Waals surface area contributed by atoms with Gasteiger partial charge in [-0.3, -0.25) is 9.72 Å². The zero-order chi connectivity index (χ0) is 15.5. The normalized spacial score (nSPS) is 12.0. The van der Waals surface area contributed by atoms with Gasteiger partial charge in [0.1, 0.15) is 27.3 Å². The Bertz CT molecular complexity index is 848. The average molecular weight is 316 g/mol. The summed E-state index contributed by atoms with van der Waals surface area (Å²) in [7, 11) is -0.135. The van der Waals surface area contributed by atoms with Crippen molar-refractivity contribution in [2.45, 2.75) is 9.92 Å². The van der Waals surface area contributed by atoms with Crippen molar-refractivity contribution < 1.29 is 13.7 Å². The molecule has 22 heavy (non-hydrogen) atoms. The first-order chi connectivity index (χ1) is 10.7. The van der Waals surface area contributed by atoms with Crippen LogP contribution in [0.5, 0.6) is 0 Å². The van der Waals surface area contributed by atoms with E-state index in [1.807, 2.05) is 0 Å². The third-order valence-electron chi connectivity index (χ3n) is 2.94. The van der Waals surface area contributed by atoms with Gasteiger partial charge >= 0.3 is 6.09 Å². The Kier molecular flexibility index (Phi) is 3.84. The first-order valence-corrected chi connectivity index (χ1v) is 7.49. The first-order valence-electron chi connectivity index (χ1n) is 6.34. The molecular weight excluding hydrogens is 304 g/mol. The van der Waals surface area contributed by atoms with E-state index in [0.717, 1.165) is 0 Å². The second-order valence-corrected chi connectivity index (χ2v) is 5.72. The molecule has 8 heteroatoms. The van der Waals surface area contributed by atoms with Crippen LogP contribution >= 0.6 is 0 Å². The number of hydrogen-bond donors (Lipinski definition) is 1. The number of nitrogens with zero attached hydrogens (tertiary/aromatic N) is 3. The second kappa shape index (κ2) is 5.94. The number of anilines is 1. The minimum Gasteiger partial charge on any atom is -0.453 e. The maximum atomic E-state index is 12.5. The van der Waals surface area contributed by atoms with Gasteiger partial charge in [0, 0.05) is 12.4 Å². The summed E-state index contributed by atoms with van der Waals surface area (Å²) in [6.07, 6.45) is 4.14. The zero-order valence-corrected chi connectivity index (χ0v) is 12.4. The van der Waals surface area contributed by atoms with Gasteiger partial charge < -0.3 is 4.74 Å². The molecule has 1 unspecified atom stereocenters. The van der Waals surface area contributed by atoms with Crippen molar-refractivity contribution >= 4 is 28.4 Å². The molecule has 3 heterocycles. The maximum absolute atomic E-state index is 12.5. The zero-order valence-electron chi connectivity index (χ0n) is 11.6. The summed E-state index contributed by atoms with van der Waals surface area (Å²) in [5, 5.41) is 3.01. The smallest absolute Gasteiger partial charge is 0.412 e. The fraction of sp³-hybridized carbons (Fsp3) is 0.0714. The molecule has 3 aromatic rings. The fourth-order valence-corrected chi connectivity index (χ4v) is 2.89. The molecule has 0 aliphatic heterocycles. The van der Waals surface area contributed by atoms with E-state index in [4.69, 9.17) is 0 Å². The van der Waals surface area contributed by atoms with Crippen LogP contribution in [-0.4, -0.2) is 31.8 Å². The van der Waals surface area contributed by atoms with Crippen LogP contribution in [-0.2, 0) is 15.5 Å². The number of hydrogen-bond acceptors (Lipinski definition) is 5. The molecule has 0 bridgehead atoms. The van der Waals surface area contributed by atoms with E-state index in [2.05, 4.69) is 20.0 Å². The lowest BCUT2D eigenvalue weighted by Gasteiger charge is -2.06. The van der Waals surface area contributed by atoms with Crippen molar-refractivity contribution in [3.05, 3.63) is 48.9 Å². The Hall–Kier alpha value is -2.74. The van der Waals surface area contributed by atoms with Crippen LogP contribution in [0.2, 0.25) is 0 Å². The van der Waals surface area contributed by atoms with Crippen LogP contribution in [0.1, 0.15) is 0 Å². The number of fused-ring (bicyclic) bond motifs is 1. The van der Waals surface area contributed by atoms with Crippen molar-refractivity contribution in [1.29, 1.82) is 0 Å². The fourth-order valence-electron chi connectivity index (χ4n) is 1.90. The maximum Gasteiger partial charge on any atom is 0.412 e. The molecule has 1 atom stereocenters. The average Bonchev–Trinajstić information content (AvgIpc) is 2.97. The minimum absolute atomic E-state index is 0.432. The van der Waals surface area contributed by atoms with Crippen molar-refractivity contribution in [3.63, 3.8) is 0 Å². The van der Waals surface area contributed by atoms with E-state index >= 15 is 0 Å². The molecule has 0 spiro atoms.